The molecule has 0 bridgehead atoms. The maximum absolute atomic E-state index is 12.6. The Kier molecular flexibility index (Phi) is 4.93. The quantitative estimate of drug-likeness (QED) is 0.822. The van der Waals surface area contributed by atoms with E-state index >= 15 is 0 Å². The highest BCUT2D eigenvalue weighted by atomic mass is 32.2. The van der Waals surface area contributed by atoms with Crippen molar-refractivity contribution in [3.8, 4) is 5.75 Å². The van der Waals surface area contributed by atoms with E-state index in [0.717, 1.165) is 5.56 Å². The summed E-state index contributed by atoms with van der Waals surface area (Å²) in [6, 6.07) is 7.98. The molecule has 0 amide bonds. The van der Waals surface area contributed by atoms with Crippen molar-refractivity contribution in [1.82, 2.24) is 9.29 Å². The third-order valence-electron chi connectivity index (χ3n) is 4.80. The molecular formula is C19H26N2O3S. The summed E-state index contributed by atoms with van der Waals surface area (Å²) < 4.78 is 35.6. The van der Waals surface area contributed by atoms with Gasteiger partial charge in [-0.25, -0.2) is 13.1 Å². The normalized spacial score (nSPS) is 14.7. The van der Waals surface area contributed by atoms with Crippen molar-refractivity contribution >= 4 is 10.0 Å². The zero-order chi connectivity index (χ0) is 18.2. The molecule has 25 heavy (non-hydrogen) atoms. The first-order valence-corrected chi connectivity index (χ1v) is 10.1. The summed E-state index contributed by atoms with van der Waals surface area (Å²) in [6.45, 7) is 6.48. The highest BCUT2D eigenvalue weighted by Gasteiger charge is 2.27. The Balaban J connectivity index is 1.71. The van der Waals surface area contributed by atoms with Crippen molar-refractivity contribution in [3.05, 3.63) is 46.8 Å². The van der Waals surface area contributed by atoms with Crippen LogP contribution in [0.2, 0.25) is 0 Å². The number of methoxy groups -OCH3 is 1. The molecule has 0 aliphatic heterocycles. The Morgan fingerprint density at radius 2 is 1.92 bits per heavy atom. The molecule has 6 heteroatoms. The number of hydrogen-bond donors (Lipinski definition) is 1. The van der Waals surface area contributed by atoms with Gasteiger partial charge in [0.25, 0.3) is 0 Å². The van der Waals surface area contributed by atoms with E-state index in [1.54, 1.807) is 12.1 Å². The van der Waals surface area contributed by atoms with Crippen molar-refractivity contribution < 1.29 is 13.2 Å². The fraction of sp³-hybridized carbons (Fsp3) is 0.474. The second-order valence-corrected chi connectivity index (χ2v) is 8.54. The van der Waals surface area contributed by atoms with Gasteiger partial charge < -0.3 is 9.30 Å². The number of sulfonamides is 1. The van der Waals surface area contributed by atoms with Gasteiger partial charge in [-0.2, -0.15) is 0 Å². The van der Waals surface area contributed by atoms with Gasteiger partial charge in [-0.1, -0.05) is 6.07 Å². The second-order valence-electron chi connectivity index (χ2n) is 6.80. The summed E-state index contributed by atoms with van der Waals surface area (Å²) in [7, 11) is -2.12. The number of aromatic nitrogens is 1. The standard InChI is InChI=1S/C19H26N2O3S/c1-13-5-8-18(24-4)19(11-13)25(22,23)20-10-9-16-12-14(2)21(15(16)3)17-6-7-17/h5,8,11-12,17,20H,6-7,9-10H2,1-4H3. The number of rotatable bonds is 7. The molecule has 1 fully saturated rings. The number of benzene rings is 1. The Morgan fingerprint density at radius 3 is 2.56 bits per heavy atom. The fourth-order valence-corrected chi connectivity index (χ4v) is 4.67. The molecule has 1 aliphatic carbocycles. The molecule has 0 atom stereocenters. The highest BCUT2D eigenvalue weighted by Crippen LogP contribution is 2.38. The third-order valence-corrected chi connectivity index (χ3v) is 6.28. The van der Waals surface area contributed by atoms with Crippen LogP contribution in [-0.2, 0) is 16.4 Å². The summed E-state index contributed by atoms with van der Waals surface area (Å²) in [4.78, 5) is 0.193. The number of nitrogens with one attached hydrogen (secondary N) is 1. The molecule has 1 aromatic carbocycles. The van der Waals surface area contributed by atoms with Crippen LogP contribution in [0.15, 0.2) is 29.2 Å². The number of hydrogen-bond acceptors (Lipinski definition) is 3. The highest BCUT2D eigenvalue weighted by molar-refractivity contribution is 7.89. The molecule has 3 rings (SSSR count). The first-order valence-electron chi connectivity index (χ1n) is 8.65. The van der Waals surface area contributed by atoms with Crippen LogP contribution in [0.5, 0.6) is 5.75 Å². The summed E-state index contributed by atoms with van der Waals surface area (Å²) in [5.74, 6) is 0.366. The fourth-order valence-electron chi connectivity index (χ4n) is 3.38. The maximum Gasteiger partial charge on any atom is 0.244 e. The van der Waals surface area contributed by atoms with Crippen LogP contribution in [0.1, 0.15) is 41.4 Å². The summed E-state index contributed by atoms with van der Waals surface area (Å²) in [6.07, 6.45) is 3.17. The molecule has 136 valence electrons. The van der Waals surface area contributed by atoms with Gasteiger partial charge in [0, 0.05) is 24.0 Å². The maximum atomic E-state index is 12.6. The monoisotopic (exact) mass is 362 g/mol. The lowest BCUT2D eigenvalue weighted by Gasteiger charge is -2.12. The van der Waals surface area contributed by atoms with Crippen LogP contribution in [-0.4, -0.2) is 26.6 Å². The molecule has 2 aromatic rings. The number of aryl methyl sites for hydroxylation is 2. The molecule has 5 nitrogen and oxygen atoms in total. The first kappa shape index (κ1) is 18.0. The van der Waals surface area contributed by atoms with Crippen molar-refractivity contribution in [2.45, 2.75) is 51.0 Å². The molecule has 1 heterocycles. The predicted octanol–water partition coefficient (Wildman–Crippen LogP) is 3.28. The van der Waals surface area contributed by atoms with E-state index in [1.807, 2.05) is 13.0 Å². The molecular weight excluding hydrogens is 336 g/mol. The SMILES string of the molecule is COc1ccc(C)cc1S(=O)(=O)NCCc1cc(C)n(C2CC2)c1C. The number of ether oxygens (including phenoxy) is 1. The molecule has 1 saturated carbocycles. The third kappa shape index (κ3) is 3.75. The molecule has 1 N–H and O–H groups in total. The van der Waals surface area contributed by atoms with E-state index in [2.05, 4.69) is 29.2 Å². The minimum absolute atomic E-state index is 0.193. The van der Waals surface area contributed by atoms with Gasteiger partial charge in [0.05, 0.1) is 7.11 Å². The van der Waals surface area contributed by atoms with E-state index < -0.39 is 10.0 Å². The Hall–Kier alpha value is -1.79. The summed E-state index contributed by atoms with van der Waals surface area (Å²) in [5.41, 5.74) is 4.61. The smallest absolute Gasteiger partial charge is 0.244 e. The van der Waals surface area contributed by atoms with E-state index in [9.17, 15) is 8.42 Å². The zero-order valence-corrected chi connectivity index (χ0v) is 16.1. The molecule has 0 spiro atoms. The topological polar surface area (TPSA) is 60.3 Å². The van der Waals surface area contributed by atoms with Crippen molar-refractivity contribution in [3.63, 3.8) is 0 Å². The van der Waals surface area contributed by atoms with Crippen molar-refractivity contribution in [2.75, 3.05) is 13.7 Å². The van der Waals surface area contributed by atoms with Crippen LogP contribution >= 0.6 is 0 Å². The van der Waals surface area contributed by atoms with Gasteiger partial charge in [-0.3, -0.25) is 0 Å². The number of nitrogens with zero attached hydrogens (tertiary/aromatic N) is 1. The molecule has 1 aliphatic rings. The Labute approximate surface area is 150 Å². The second kappa shape index (κ2) is 6.84. The average molecular weight is 362 g/mol. The molecule has 0 saturated heterocycles. The van der Waals surface area contributed by atoms with Crippen LogP contribution in [0.4, 0.5) is 0 Å². The van der Waals surface area contributed by atoms with E-state index in [0.29, 0.717) is 24.8 Å². The van der Waals surface area contributed by atoms with E-state index in [-0.39, 0.29) is 4.90 Å². The zero-order valence-electron chi connectivity index (χ0n) is 15.3. The average Bonchev–Trinajstić information content (AvgIpc) is 3.34. The van der Waals surface area contributed by atoms with Gasteiger partial charge in [-0.05, 0) is 69.4 Å². The van der Waals surface area contributed by atoms with Crippen LogP contribution < -0.4 is 9.46 Å². The summed E-state index contributed by atoms with van der Waals surface area (Å²) in [5, 5.41) is 0. The minimum Gasteiger partial charge on any atom is -0.495 e. The van der Waals surface area contributed by atoms with Crippen LogP contribution in [0.25, 0.3) is 0 Å². The van der Waals surface area contributed by atoms with Gasteiger partial charge in [0.2, 0.25) is 10.0 Å². The van der Waals surface area contributed by atoms with E-state index in [4.69, 9.17) is 4.74 Å². The van der Waals surface area contributed by atoms with Gasteiger partial charge in [0.15, 0.2) is 0 Å². The van der Waals surface area contributed by atoms with Crippen molar-refractivity contribution in [1.29, 1.82) is 0 Å². The Bertz CT molecular complexity index is 880. The minimum atomic E-state index is -3.60. The molecule has 0 unspecified atom stereocenters. The largest absolute Gasteiger partial charge is 0.495 e. The lowest BCUT2D eigenvalue weighted by Crippen LogP contribution is -2.26. The molecule has 0 radical (unpaired) electrons. The molecule has 1 aromatic heterocycles. The lowest BCUT2D eigenvalue weighted by atomic mass is 10.2. The van der Waals surface area contributed by atoms with Gasteiger partial charge in [0.1, 0.15) is 10.6 Å². The lowest BCUT2D eigenvalue weighted by molar-refractivity contribution is 0.402. The van der Waals surface area contributed by atoms with Crippen molar-refractivity contribution in [2.24, 2.45) is 0 Å². The van der Waals surface area contributed by atoms with E-state index in [1.165, 1.54) is 36.9 Å². The first-order chi connectivity index (χ1) is 11.8. The van der Waals surface area contributed by atoms with Gasteiger partial charge >= 0.3 is 0 Å². The summed E-state index contributed by atoms with van der Waals surface area (Å²) >= 11 is 0. The van der Waals surface area contributed by atoms with Crippen LogP contribution in [0, 0.1) is 20.8 Å². The van der Waals surface area contributed by atoms with Gasteiger partial charge in [-0.15, -0.1) is 0 Å². The van der Waals surface area contributed by atoms with Crippen LogP contribution in [0.3, 0.4) is 0 Å². The Morgan fingerprint density at radius 1 is 1.20 bits per heavy atom. The predicted molar refractivity (Wildman–Crippen MR) is 98.8 cm³/mol.